The number of imide groups is 2. The van der Waals surface area contributed by atoms with Gasteiger partial charge in [-0.3, -0.25) is 29.6 Å². The van der Waals surface area contributed by atoms with E-state index < -0.39 is 98.9 Å². The van der Waals surface area contributed by atoms with Crippen LogP contribution in [0.25, 0.3) is 0 Å². The van der Waals surface area contributed by atoms with Gasteiger partial charge in [0, 0.05) is 24.2 Å². The number of halogens is 9. The van der Waals surface area contributed by atoms with E-state index >= 15 is 4.79 Å². The van der Waals surface area contributed by atoms with Crippen LogP contribution in [-0.4, -0.2) is 62.9 Å². The van der Waals surface area contributed by atoms with E-state index in [0.29, 0.717) is 39.5 Å². The lowest BCUT2D eigenvalue weighted by atomic mass is 9.49. The third-order valence-electron chi connectivity index (χ3n) is 11.8. The Balaban J connectivity index is 1.29. The smallest absolute Gasteiger partial charge is 0.433 e. The Morgan fingerprint density at radius 3 is 2.23 bits per heavy atom. The fraction of sp³-hybridized carbons (Fsp3) is 0.300. The third-order valence-corrected chi connectivity index (χ3v) is 12.6. The van der Waals surface area contributed by atoms with E-state index in [1.54, 1.807) is 6.08 Å². The summed E-state index contributed by atoms with van der Waals surface area (Å²) < 4.78 is 87.2. The van der Waals surface area contributed by atoms with Gasteiger partial charge in [0.05, 0.1) is 45.9 Å². The van der Waals surface area contributed by atoms with Crippen LogP contribution in [0.15, 0.2) is 78.5 Å². The summed E-state index contributed by atoms with van der Waals surface area (Å²) in [6.07, 6.45) is -7.88. The number of benzene rings is 2. The number of allylic oxidation sites excluding steroid dienone is 2. The predicted molar refractivity (Wildman–Crippen MR) is 206 cm³/mol. The van der Waals surface area contributed by atoms with E-state index in [4.69, 9.17) is 39.5 Å². The number of nitrogens with zero attached hydrogens (tertiary/aromatic N) is 5. The molecule has 2 aromatic carbocycles. The van der Waals surface area contributed by atoms with Gasteiger partial charge in [-0.25, -0.2) is 9.97 Å². The minimum Gasteiger partial charge on any atom is -0.504 e. The van der Waals surface area contributed by atoms with Gasteiger partial charge in [-0.15, -0.1) is 0 Å². The van der Waals surface area contributed by atoms with Crippen molar-refractivity contribution in [2.45, 2.75) is 36.5 Å². The van der Waals surface area contributed by atoms with Crippen LogP contribution >= 0.6 is 34.8 Å². The molecule has 2 N–H and O–H groups in total. The summed E-state index contributed by atoms with van der Waals surface area (Å²) in [5.74, 6) is -10.5. The second-order valence-corrected chi connectivity index (χ2v) is 16.1. The monoisotopic (exact) mass is 908 g/mol. The first-order valence-electron chi connectivity index (χ1n) is 18.3. The highest BCUT2D eigenvalue weighted by molar-refractivity contribution is 6.33. The van der Waals surface area contributed by atoms with Gasteiger partial charge < -0.3 is 9.84 Å². The van der Waals surface area contributed by atoms with Crippen molar-refractivity contribution in [1.29, 1.82) is 0 Å². The first kappa shape index (κ1) is 42.1. The van der Waals surface area contributed by atoms with Crippen LogP contribution in [0.5, 0.6) is 11.5 Å². The summed E-state index contributed by atoms with van der Waals surface area (Å²) in [6.45, 7) is 0. The van der Waals surface area contributed by atoms with Gasteiger partial charge in [0.25, 0.3) is 23.6 Å². The van der Waals surface area contributed by atoms with Crippen molar-refractivity contribution >= 4 is 70.1 Å². The lowest BCUT2D eigenvalue weighted by Gasteiger charge is -2.50. The van der Waals surface area contributed by atoms with Crippen molar-refractivity contribution in [3.8, 4) is 11.5 Å². The molecule has 2 saturated heterocycles. The number of carbonyl (C=O) groups is 4. The molecule has 6 atom stereocenters. The van der Waals surface area contributed by atoms with Crippen LogP contribution in [0, 0.1) is 23.7 Å². The van der Waals surface area contributed by atoms with E-state index in [2.05, 4.69) is 15.4 Å². The molecular weight excluding hydrogens is 881 g/mol. The number of rotatable bonds is 7. The zero-order valence-electron chi connectivity index (χ0n) is 31.4. The molecule has 61 heavy (non-hydrogen) atoms. The van der Waals surface area contributed by atoms with Crippen molar-refractivity contribution in [3.63, 3.8) is 0 Å². The van der Waals surface area contributed by atoms with Crippen molar-refractivity contribution in [1.82, 2.24) is 20.0 Å². The number of phenolic OH excluding ortho intramolecular Hbond substituents is 1. The van der Waals surface area contributed by atoms with Crippen LogP contribution in [0.4, 0.5) is 38.0 Å². The Kier molecular flexibility index (Phi) is 10.2. The number of hydrazine groups is 2. The maximum Gasteiger partial charge on any atom is 0.433 e. The molecule has 8 rings (SSSR count). The van der Waals surface area contributed by atoms with Crippen molar-refractivity contribution in [3.05, 3.63) is 116 Å². The van der Waals surface area contributed by atoms with Crippen LogP contribution in [0.2, 0.25) is 15.1 Å². The molecule has 4 heterocycles. The molecule has 3 fully saturated rings. The van der Waals surface area contributed by atoms with Gasteiger partial charge in [0.1, 0.15) is 5.69 Å². The number of fused-ring (bicyclic) bond motifs is 4. The second-order valence-electron chi connectivity index (χ2n) is 14.9. The number of ether oxygens (including phenoxy) is 1. The van der Waals surface area contributed by atoms with E-state index in [-0.39, 0.29) is 39.9 Å². The lowest BCUT2D eigenvalue weighted by molar-refractivity contribution is -0.142. The van der Waals surface area contributed by atoms with Crippen LogP contribution in [-0.2, 0) is 36.9 Å². The lowest BCUT2D eigenvalue weighted by Crippen LogP contribution is -2.53. The average molecular weight is 910 g/mol. The molecule has 0 bridgehead atoms. The molecule has 21 heteroatoms. The number of pyridine rings is 2. The molecule has 4 aromatic rings. The molecule has 1 saturated carbocycles. The van der Waals surface area contributed by atoms with E-state index in [1.165, 1.54) is 49.6 Å². The highest BCUT2D eigenvalue weighted by Gasteiger charge is 2.70. The molecule has 2 aliphatic carbocycles. The number of anilines is 2. The summed E-state index contributed by atoms with van der Waals surface area (Å²) >= 11 is 18.8. The number of aromatic hydroxyl groups is 1. The van der Waals surface area contributed by atoms with Gasteiger partial charge in [-0.2, -0.15) is 36.4 Å². The Labute approximate surface area is 356 Å². The number of hydrogen-bond donors (Lipinski definition) is 2. The predicted octanol–water partition coefficient (Wildman–Crippen LogP) is 8.22. The number of aromatic nitrogens is 2. The van der Waals surface area contributed by atoms with Gasteiger partial charge in [-0.1, -0.05) is 64.7 Å². The summed E-state index contributed by atoms with van der Waals surface area (Å²) in [4.78, 5) is 66.5. The number of phenols is 1. The van der Waals surface area contributed by atoms with Crippen LogP contribution in [0.3, 0.4) is 0 Å². The molecular formula is C40H29Cl3F6N6O6. The Bertz CT molecular complexity index is 2560. The molecule has 2 aliphatic heterocycles. The molecule has 0 radical (unpaired) electrons. The maximum absolute atomic E-state index is 15.4. The fourth-order valence-electron chi connectivity index (χ4n) is 9.22. The van der Waals surface area contributed by atoms with E-state index in [1.807, 2.05) is 0 Å². The van der Waals surface area contributed by atoms with E-state index in [9.17, 15) is 45.8 Å². The number of hydrogen-bond acceptors (Lipinski definition) is 10. The summed E-state index contributed by atoms with van der Waals surface area (Å²) in [5.41, 5.74) is -0.849. The van der Waals surface area contributed by atoms with Crippen molar-refractivity contribution in [2.24, 2.45) is 23.7 Å². The van der Waals surface area contributed by atoms with Gasteiger partial charge in [-0.05, 0) is 72.4 Å². The molecule has 318 valence electrons. The number of amides is 4. The Hall–Kier alpha value is -5.59. The topological polar surface area (TPSA) is 145 Å². The highest BCUT2D eigenvalue weighted by Crippen LogP contribution is 2.64. The van der Waals surface area contributed by atoms with Gasteiger partial charge >= 0.3 is 12.4 Å². The normalized spacial score (nSPS) is 25.0. The summed E-state index contributed by atoms with van der Waals surface area (Å²) in [6, 6.07) is 12.5. The van der Waals surface area contributed by atoms with Crippen molar-refractivity contribution < 1.29 is 55.4 Å². The van der Waals surface area contributed by atoms with E-state index in [0.717, 1.165) is 18.1 Å². The first-order chi connectivity index (χ1) is 28.7. The first-order valence-corrected chi connectivity index (χ1v) is 19.4. The molecule has 12 nitrogen and oxygen atoms in total. The molecule has 0 spiro atoms. The van der Waals surface area contributed by atoms with Gasteiger partial charge in [0.2, 0.25) is 0 Å². The minimum absolute atomic E-state index is 0.0189. The molecule has 2 aromatic heterocycles. The van der Waals surface area contributed by atoms with Crippen LogP contribution in [0.1, 0.15) is 41.1 Å². The highest BCUT2D eigenvalue weighted by atomic mass is 35.5. The molecule has 4 amide bonds. The third kappa shape index (κ3) is 6.61. The van der Waals surface area contributed by atoms with Crippen LogP contribution < -0.4 is 15.2 Å². The molecule has 0 unspecified atom stereocenters. The Morgan fingerprint density at radius 1 is 0.885 bits per heavy atom. The number of carbonyl (C=O) groups excluding carboxylic acids is 4. The minimum atomic E-state index is -4.89. The quantitative estimate of drug-likeness (QED) is 0.106. The number of alkyl halides is 6. The average Bonchev–Trinajstić information content (AvgIpc) is 3.58. The standard InChI is InChI=1S/C40H29Cl3F6N6O6/c1-53(33-25(42)10-12-29(51-33)40(47,48)49)55-34(57)22-9-8-21-23(30(22)36(55)59)15-24-35(58)54(52-32-26(43)14-19(16-50-32)39(44,45)46)37(60)38(24,18-4-6-20(41)7-5-18)31(21)17-3-11-27(56)28(13-17)61-2/h3-8,10-14,16,22-24,30-31,56H,9,15H2,1-2H3,(H,50,52)/t22-,23+,24-,30-,31-,38+/m0/s1. The Morgan fingerprint density at radius 2 is 1.59 bits per heavy atom. The van der Waals surface area contributed by atoms with Crippen molar-refractivity contribution in [2.75, 3.05) is 24.6 Å². The SMILES string of the molecule is COc1cc([C@H]2C3=CC[C@@H]4C(=O)N(N(C)c5nc(C(F)(F)F)ccc5Cl)C(=O)[C@@H]4[C@@H]3C[C@H]3C(=O)N(Nc4ncc(C(F)(F)F)cc4Cl)C(=O)[C@@]23c2ccc(Cl)cc2)ccc1O. The summed E-state index contributed by atoms with van der Waals surface area (Å²) in [5, 5.41) is 12.2. The largest absolute Gasteiger partial charge is 0.504 e. The fourth-order valence-corrected chi connectivity index (χ4v) is 9.78. The zero-order chi connectivity index (χ0) is 44.1. The molecule has 4 aliphatic rings. The maximum atomic E-state index is 15.4. The zero-order valence-corrected chi connectivity index (χ0v) is 33.6. The second kappa shape index (κ2) is 14.8. The number of methoxy groups -OCH3 is 1. The number of nitrogens with one attached hydrogen (secondary N) is 1. The summed E-state index contributed by atoms with van der Waals surface area (Å²) in [7, 11) is 2.46. The van der Waals surface area contributed by atoms with Gasteiger partial charge in [0.15, 0.2) is 23.1 Å².